The lowest BCUT2D eigenvalue weighted by atomic mass is 10.0. The summed E-state index contributed by atoms with van der Waals surface area (Å²) in [6.07, 6.45) is 3.43. The Morgan fingerprint density at radius 3 is 2.75 bits per heavy atom. The molecule has 2 amide bonds. The molecule has 0 unspecified atom stereocenters. The standard InChI is InChI=1S/C25H31FN4O2/c1-16(2)15-30-23(32)13-11-19-17(3)27-24(28-25(19)30)21-9-6-14-29(21)22(31)12-10-18-7-4-5-8-20(18)26/h4-5,7-8,16,21H,6,9-15H2,1-3H3/t21-/m0/s1. The van der Waals surface area contributed by atoms with E-state index in [9.17, 15) is 14.0 Å². The summed E-state index contributed by atoms with van der Waals surface area (Å²) in [4.78, 5) is 38.9. The first-order chi connectivity index (χ1) is 15.3. The molecule has 0 saturated carbocycles. The number of rotatable bonds is 6. The highest BCUT2D eigenvalue weighted by molar-refractivity contribution is 5.95. The van der Waals surface area contributed by atoms with Crippen molar-refractivity contribution in [1.29, 1.82) is 0 Å². The fourth-order valence-electron chi connectivity index (χ4n) is 4.73. The molecule has 0 N–H and O–H groups in total. The van der Waals surface area contributed by atoms with Gasteiger partial charge in [0.25, 0.3) is 0 Å². The summed E-state index contributed by atoms with van der Waals surface area (Å²) in [7, 11) is 0. The molecule has 1 saturated heterocycles. The van der Waals surface area contributed by atoms with Crippen molar-refractivity contribution in [3.05, 3.63) is 52.7 Å². The van der Waals surface area contributed by atoms with Gasteiger partial charge in [-0.15, -0.1) is 0 Å². The van der Waals surface area contributed by atoms with E-state index in [1.165, 1.54) is 6.07 Å². The van der Waals surface area contributed by atoms with Gasteiger partial charge in [-0.2, -0.15) is 0 Å². The first-order valence-electron chi connectivity index (χ1n) is 11.6. The van der Waals surface area contributed by atoms with E-state index in [2.05, 4.69) is 13.8 Å². The summed E-state index contributed by atoms with van der Waals surface area (Å²) in [5, 5.41) is 0. The summed E-state index contributed by atoms with van der Waals surface area (Å²) in [6, 6.07) is 6.38. The van der Waals surface area contributed by atoms with Crippen molar-refractivity contribution >= 4 is 17.6 Å². The Morgan fingerprint density at radius 1 is 1.22 bits per heavy atom. The van der Waals surface area contributed by atoms with Gasteiger partial charge in [-0.1, -0.05) is 32.0 Å². The van der Waals surface area contributed by atoms with Crippen molar-refractivity contribution in [2.45, 2.75) is 65.3 Å². The first kappa shape index (κ1) is 22.4. The predicted molar refractivity (Wildman–Crippen MR) is 121 cm³/mol. The van der Waals surface area contributed by atoms with Gasteiger partial charge in [0.1, 0.15) is 11.6 Å². The number of aryl methyl sites for hydroxylation is 2. The van der Waals surface area contributed by atoms with Gasteiger partial charge in [0.05, 0.1) is 6.04 Å². The van der Waals surface area contributed by atoms with Crippen LogP contribution in [0.4, 0.5) is 10.2 Å². The fourth-order valence-corrected chi connectivity index (χ4v) is 4.73. The molecule has 32 heavy (non-hydrogen) atoms. The average molecular weight is 439 g/mol. The number of amides is 2. The molecule has 1 aromatic carbocycles. The number of nitrogens with zero attached hydrogens (tertiary/aromatic N) is 4. The minimum atomic E-state index is -0.276. The molecular formula is C25H31FN4O2. The van der Waals surface area contributed by atoms with Crippen molar-refractivity contribution in [2.24, 2.45) is 5.92 Å². The van der Waals surface area contributed by atoms with Gasteiger partial charge < -0.3 is 4.90 Å². The Morgan fingerprint density at radius 2 is 2.00 bits per heavy atom. The molecule has 3 heterocycles. The van der Waals surface area contributed by atoms with Crippen LogP contribution in [0.15, 0.2) is 24.3 Å². The second-order valence-corrected chi connectivity index (χ2v) is 9.20. The topological polar surface area (TPSA) is 66.4 Å². The molecule has 7 heteroatoms. The molecule has 6 nitrogen and oxygen atoms in total. The molecule has 1 aromatic heterocycles. The van der Waals surface area contributed by atoms with Crippen LogP contribution in [-0.4, -0.2) is 39.8 Å². The van der Waals surface area contributed by atoms with Gasteiger partial charge in [0, 0.05) is 37.2 Å². The highest BCUT2D eigenvalue weighted by Gasteiger charge is 2.35. The van der Waals surface area contributed by atoms with Crippen LogP contribution in [0.5, 0.6) is 0 Å². The van der Waals surface area contributed by atoms with Gasteiger partial charge >= 0.3 is 0 Å². The number of benzene rings is 1. The Kier molecular flexibility index (Phi) is 6.53. The van der Waals surface area contributed by atoms with Gasteiger partial charge in [-0.05, 0) is 50.2 Å². The van der Waals surface area contributed by atoms with Crippen LogP contribution in [-0.2, 0) is 22.4 Å². The maximum atomic E-state index is 13.9. The van der Waals surface area contributed by atoms with E-state index in [0.29, 0.717) is 55.5 Å². The largest absolute Gasteiger partial charge is 0.332 e. The number of likely N-dealkylation sites (tertiary alicyclic amines) is 1. The quantitative estimate of drug-likeness (QED) is 0.679. The van der Waals surface area contributed by atoms with Crippen LogP contribution >= 0.6 is 0 Å². The van der Waals surface area contributed by atoms with E-state index >= 15 is 0 Å². The fraction of sp³-hybridized carbons (Fsp3) is 0.520. The number of anilines is 1. The van der Waals surface area contributed by atoms with Crippen LogP contribution in [0.2, 0.25) is 0 Å². The van der Waals surface area contributed by atoms with E-state index in [0.717, 1.165) is 24.1 Å². The summed E-state index contributed by atoms with van der Waals surface area (Å²) in [5.41, 5.74) is 2.47. The molecular weight excluding hydrogens is 407 g/mol. The highest BCUT2D eigenvalue weighted by atomic mass is 19.1. The molecule has 1 atom stereocenters. The summed E-state index contributed by atoms with van der Waals surface area (Å²) in [5.74, 6) is 1.46. The SMILES string of the molecule is Cc1nc([C@@H]2CCCN2C(=O)CCc2ccccc2F)nc2c1CCC(=O)N2CC(C)C. The van der Waals surface area contributed by atoms with Gasteiger partial charge in [0.2, 0.25) is 11.8 Å². The van der Waals surface area contributed by atoms with E-state index in [1.54, 1.807) is 23.1 Å². The molecule has 4 rings (SSSR count). The number of hydrogen-bond acceptors (Lipinski definition) is 4. The molecule has 0 aliphatic carbocycles. The van der Waals surface area contributed by atoms with Gasteiger partial charge in [-0.3, -0.25) is 14.5 Å². The van der Waals surface area contributed by atoms with E-state index in [-0.39, 0.29) is 30.1 Å². The Balaban J connectivity index is 1.56. The number of aromatic nitrogens is 2. The zero-order valence-corrected chi connectivity index (χ0v) is 19.1. The van der Waals surface area contributed by atoms with Crippen LogP contribution in [0.1, 0.15) is 68.2 Å². The van der Waals surface area contributed by atoms with Crippen LogP contribution < -0.4 is 4.90 Å². The van der Waals surface area contributed by atoms with E-state index in [1.807, 2.05) is 11.8 Å². The van der Waals surface area contributed by atoms with Gasteiger partial charge in [-0.25, -0.2) is 14.4 Å². The Labute approximate surface area is 188 Å². The number of fused-ring (bicyclic) bond motifs is 1. The van der Waals surface area contributed by atoms with Crippen molar-refractivity contribution < 1.29 is 14.0 Å². The van der Waals surface area contributed by atoms with Crippen LogP contribution in [0.25, 0.3) is 0 Å². The number of carbonyl (C=O) groups is 2. The predicted octanol–water partition coefficient (Wildman–Crippen LogP) is 4.16. The maximum absolute atomic E-state index is 13.9. The summed E-state index contributed by atoms with van der Waals surface area (Å²) < 4.78 is 13.9. The lowest BCUT2D eigenvalue weighted by Crippen LogP contribution is -2.40. The average Bonchev–Trinajstić information content (AvgIpc) is 3.25. The Hall–Kier alpha value is -2.83. The minimum Gasteiger partial charge on any atom is -0.332 e. The van der Waals surface area contributed by atoms with Crippen molar-refractivity contribution in [3.63, 3.8) is 0 Å². The number of hydrogen-bond donors (Lipinski definition) is 0. The summed E-state index contributed by atoms with van der Waals surface area (Å²) >= 11 is 0. The minimum absolute atomic E-state index is 0.00941. The number of carbonyl (C=O) groups excluding carboxylic acids is 2. The second kappa shape index (κ2) is 9.35. The second-order valence-electron chi connectivity index (χ2n) is 9.20. The lowest BCUT2D eigenvalue weighted by molar-refractivity contribution is -0.132. The number of halogens is 1. The van der Waals surface area contributed by atoms with Crippen molar-refractivity contribution in [3.8, 4) is 0 Å². The molecule has 1 fully saturated rings. The maximum Gasteiger partial charge on any atom is 0.228 e. The molecule has 2 aliphatic heterocycles. The van der Waals surface area contributed by atoms with Crippen LogP contribution in [0.3, 0.4) is 0 Å². The normalized spacial score (nSPS) is 18.4. The monoisotopic (exact) mass is 438 g/mol. The van der Waals surface area contributed by atoms with Gasteiger partial charge in [0.15, 0.2) is 5.82 Å². The lowest BCUT2D eigenvalue weighted by Gasteiger charge is -2.32. The zero-order valence-electron chi connectivity index (χ0n) is 19.1. The first-order valence-corrected chi connectivity index (χ1v) is 11.6. The molecule has 0 bridgehead atoms. The van der Waals surface area contributed by atoms with Crippen molar-refractivity contribution in [1.82, 2.24) is 14.9 Å². The highest BCUT2D eigenvalue weighted by Crippen LogP contribution is 2.35. The van der Waals surface area contributed by atoms with E-state index < -0.39 is 0 Å². The molecule has 0 spiro atoms. The third-order valence-corrected chi connectivity index (χ3v) is 6.34. The van der Waals surface area contributed by atoms with E-state index in [4.69, 9.17) is 9.97 Å². The van der Waals surface area contributed by atoms with Crippen molar-refractivity contribution in [2.75, 3.05) is 18.0 Å². The summed E-state index contributed by atoms with van der Waals surface area (Å²) in [6.45, 7) is 7.41. The van der Waals surface area contributed by atoms with Crippen LogP contribution in [0, 0.1) is 18.7 Å². The third kappa shape index (κ3) is 4.52. The molecule has 170 valence electrons. The molecule has 2 aliphatic rings. The Bertz CT molecular complexity index is 1020. The third-order valence-electron chi connectivity index (χ3n) is 6.34. The smallest absolute Gasteiger partial charge is 0.228 e. The zero-order chi connectivity index (χ0) is 22.8. The molecule has 2 aromatic rings. The molecule has 0 radical (unpaired) electrons.